The second-order valence-electron chi connectivity index (χ2n) is 6.30. The van der Waals surface area contributed by atoms with Gasteiger partial charge in [-0.05, 0) is 57.4 Å². The number of methoxy groups -OCH3 is 1. The van der Waals surface area contributed by atoms with Crippen molar-refractivity contribution in [3.05, 3.63) is 29.8 Å². The van der Waals surface area contributed by atoms with Gasteiger partial charge in [-0.25, -0.2) is 0 Å². The van der Waals surface area contributed by atoms with Crippen LogP contribution >= 0.6 is 0 Å². The Morgan fingerprint density at radius 3 is 2.67 bits per heavy atom. The van der Waals surface area contributed by atoms with Gasteiger partial charge in [0.2, 0.25) is 0 Å². The van der Waals surface area contributed by atoms with Crippen LogP contribution < -0.4 is 15.4 Å². The zero-order valence-corrected chi connectivity index (χ0v) is 13.7. The van der Waals surface area contributed by atoms with Crippen LogP contribution in [0.3, 0.4) is 0 Å². The predicted molar refractivity (Wildman–Crippen MR) is 88.9 cm³/mol. The number of hydrogen-bond donors (Lipinski definition) is 2. The fourth-order valence-electron chi connectivity index (χ4n) is 3.21. The van der Waals surface area contributed by atoms with E-state index >= 15 is 0 Å². The Hall–Kier alpha value is -1.06. The van der Waals surface area contributed by atoms with Crippen LogP contribution in [0.1, 0.15) is 57.6 Å². The van der Waals surface area contributed by atoms with Crippen LogP contribution in [0.25, 0.3) is 0 Å². The third-order valence-corrected chi connectivity index (χ3v) is 4.45. The number of benzene rings is 1. The number of hydrogen-bond acceptors (Lipinski definition) is 3. The highest BCUT2D eigenvalue weighted by Crippen LogP contribution is 2.19. The Bertz CT molecular complexity index is 396. The Labute approximate surface area is 129 Å². The van der Waals surface area contributed by atoms with E-state index in [1.54, 1.807) is 7.11 Å². The lowest BCUT2D eigenvalue weighted by atomic mass is 10.0. The lowest BCUT2D eigenvalue weighted by Gasteiger charge is -2.25. The minimum atomic E-state index is 0.372. The van der Waals surface area contributed by atoms with Crippen molar-refractivity contribution in [2.24, 2.45) is 0 Å². The van der Waals surface area contributed by atoms with Crippen LogP contribution in [-0.2, 0) is 0 Å². The Morgan fingerprint density at radius 1 is 1.19 bits per heavy atom. The topological polar surface area (TPSA) is 33.3 Å². The summed E-state index contributed by atoms with van der Waals surface area (Å²) in [7, 11) is 1.71. The van der Waals surface area contributed by atoms with Crippen molar-refractivity contribution in [3.8, 4) is 5.75 Å². The SMILES string of the molecule is COc1ccc([C@@H](C)NC(C)CC2CCCCCN2)cc1. The van der Waals surface area contributed by atoms with E-state index in [0.29, 0.717) is 18.1 Å². The summed E-state index contributed by atoms with van der Waals surface area (Å²) < 4.78 is 5.21. The largest absolute Gasteiger partial charge is 0.497 e. The van der Waals surface area contributed by atoms with Crippen LogP contribution in [0, 0.1) is 0 Å². The van der Waals surface area contributed by atoms with Crippen LogP contribution in [0.15, 0.2) is 24.3 Å². The van der Waals surface area contributed by atoms with Crippen molar-refractivity contribution in [3.63, 3.8) is 0 Å². The maximum Gasteiger partial charge on any atom is 0.118 e. The molecule has 1 heterocycles. The van der Waals surface area contributed by atoms with Crippen molar-refractivity contribution < 1.29 is 4.74 Å². The van der Waals surface area contributed by atoms with E-state index in [-0.39, 0.29) is 0 Å². The zero-order valence-electron chi connectivity index (χ0n) is 13.7. The summed E-state index contributed by atoms with van der Waals surface area (Å²) in [5.74, 6) is 0.918. The van der Waals surface area contributed by atoms with Gasteiger partial charge in [0.05, 0.1) is 7.11 Å². The molecule has 1 aromatic rings. The molecule has 2 unspecified atom stereocenters. The van der Waals surface area contributed by atoms with E-state index < -0.39 is 0 Å². The van der Waals surface area contributed by atoms with Crippen molar-refractivity contribution in [2.45, 2.75) is 64.1 Å². The first-order chi connectivity index (χ1) is 10.2. The first kappa shape index (κ1) is 16.3. The quantitative estimate of drug-likeness (QED) is 0.839. The van der Waals surface area contributed by atoms with Crippen molar-refractivity contribution in [2.75, 3.05) is 13.7 Å². The minimum Gasteiger partial charge on any atom is -0.497 e. The molecule has 0 radical (unpaired) electrons. The minimum absolute atomic E-state index is 0.372. The molecular formula is C18H30N2O. The first-order valence-corrected chi connectivity index (χ1v) is 8.32. The van der Waals surface area contributed by atoms with E-state index in [1.807, 2.05) is 12.1 Å². The fourth-order valence-corrected chi connectivity index (χ4v) is 3.21. The molecule has 1 saturated heterocycles. The van der Waals surface area contributed by atoms with E-state index in [0.717, 1.165) is 5.75 Å². The summed E-state index contributed by atoms with van der Waals surface area (Å²) in [4.78, 5) is 0. The highest BCUT2D eigenvalue weighted by molar-refractivity contribution is 5.28. The molecule has 3 atom stereocenters. The molecule has 0 spiro atoms. The number of nitrogens with one attached hydrogen (secondary N) is 2. The van der Waals surface area contributed by atoms with Gasteiger partial charge in [-0.15, -0.1) is 0 Å². The molecule has 1 fully saturated rings. The van der Waals surface area contributed by atoms with E-state index in [4.69, 9.17) is 4.74 Å². The standard InChI is InChI=1S/C18H30N2O/c1-14(13-17-7-5-4-6-12-19-17)20-15(2)16-8-10-18(21-3)11-9-16/h8-11,14-15,17,19-20H,4-7,12-13H2,1-3H3/t14?,15-,17?/m1/s1. The average Bonchev–Trinajstić information content (AvgIpc) is 2.75. The second-order valence-corrected chi connectivity index (χ2v) is 6.30. The molecule has 0 aromatic heterocycles. The van der Waals surface area contributed by atoms with Gasteiger partial charge >= 0.3 is 0 Å². The molecule has 0 saturated carbocycles. The summed E-state index contributed by atoms with van der Waals surface area (Å²) in [6, 6.07) is 9.93. The molecule has 1 aliphatic heterocycles. The zero-order chi connectivity index (χ0) is 15.1. The smallest absolute Gasteiger partial charge is 0.118 e. The van der Waals surface area contributed by atoms with E-state index in [1.165, 1.54) is 44.2 Å². The maximum atomic E-state index is 5.21. The summed E-state index contributed by atoms with van der Waals surface area (Å²) in [5.41, 5.74) is 1.32. The molecule has 3 nitrogen and oxygen atoms in total. The van der Waals surface area contributed by atoms with Gasteiger partial charge in [-0.1, -0.05) is 25.0 Å². The summed E-state index contributed by atoms with van der Waals surface area (Å²) in [6.45, 7) is 5.72. The molecule has 2 N–H and O–H groups in total. The van der Waals surface area contributed by atoms with Gasteiger partial charge in [0.1, 0.15) is 5.75 Å². The third kappa shape index (κ3) is 5.33. The van der Waals surface area contributed by atoms with Gasteiger partial charge in [0, 0.05) is 18.1 Å². The van der Waals surface area contributed by atoms with Gasteiger partial charge in [0.15, 0.2) is 0 Å². The molecule has 0 bridgehead atoms. The normalized spacial score (nSPS) is 22.3. The fraction of sp³-hybridized carbons (Fsp3) is 0.667. The lowest BCUT2D eigenvalue weighted by molar-refractivity contribution is 0.380. The van der Waals surface area contributed by atoms with E-state index in [2.05, 4.69) is 36.6 Å². The van der Waals surface area contributed by atoms with Crippen LogP contribution in [0.2, 0.25) is 0 Å². The van der Waals surface area contributed by atoms with E-state index in [9.17, 15) is 0 Å². The van der Waals surface area contributed by atoms with Crippen molar-refractivity contribution in [1.82, 2.24) is 10.6 Å². The maximum absolute atomic E-state index is 5.21. The summed E-state index contributed by atoms with van der Waals surface area (Å²) >= 11 is 0. The van der Waals surface area contributed by atoms with Gasteiger partial charge in [-0.3, -0.25) is 0 Å². The summed E-state index contributed by atoms with van der Waals surface area (Å²) in [5, 5.41) is 7.40. The average molecular weight is 290 g/mol. The molecule has 1 aromatic carbocycles. The second kappa shape index (κ2) is 8.40. The number of ether oxygens (including phenoxy) is 1. The summed E-state index contributed by atoms with van der Waals surface area (Å²) in [6.07, 6.45) is 6.62. The van der Waals surface area contributed by atoms with Crippen LogP contribution in [0.4, 0.5) is 0 Å². The Morgan fingerprint density at radius 2 is 1.95 bits per heavy atom. The van der Waals surface area contributed by atoms with Gasteiger partial charge in [0.25, 0.3) is 0 Å². The Balaban J connectivity index is 1.81. The lowest BCUT2D eigenvalue weighted by Crippen LogP contribution is -2.37. The molecule has 0 aliphatic carbocycles. The Kier molecular flexibility index (Phi) is 6.52. The van der Waals surface area contributed by atoms with Gasteiger partial charge in [-0.2, -0.15) is 0 Å². The monoisotopic (exact) mass is 290 g/mol. The highest BCUT2D eigenvalue weighted by atomic mass is 16.5. The molecule has 118 valence electrons. The number of rotatable bonds is 6. The molecular weight excluding hydrogens is 260 g/mol. The molecule has 1 aliphatic rings. The first-order valence-electron chi connectivity index (χ1n) is 8.32. The third-order valence-electron chi connectivity index (χ3n) is 4.45. The predicted octanol–water partition coefficient (Wildman–Crippen LogP) is 3.66. The molecule has 2 rings (SSSR count). The molecule has 0 amide bonds. The van der Waals surface area contributed by atoms with Crippen LogP contribution in [-0.4, -0.2) is 25.7 Å². The van der Waals surface area contributed by atoms with Crippen molar-refractivity contribution in [1.29, 1.82) is 0 Å². The van der Waals surface area contributed by atoms with Gasteiger partial charge < -0.3 is 15.4 Å². The van der Waals surface area contributed by atoms with Crippen molar-refractivity contribution >= 4 is 0 Å². The highest BCUT2D eigenvalue weighted by Gasteiger charge is 2.16. The van der Waals surface area contributed by atoms with Crippen LogP contribution in [0.5, 0.6) is 5.75 Å². The molecule has 3 heteroatoms. The molecule has 21 heavy (non-hydrogen) atoms.